The summed E-state index contributed by atoms with van der Waals surface area (Å²) in [5.74, 6) is 1.33. The standard InChI is InChI=1S/C26H22ClN3O2/c1-16-10-20(6-7-24(16)30-14-17-4-5-19(27)11-18(17)15-30)29-22-8-9-28-23-13-26(32-3)25(31-2)12-21(22)23/h4-15H,1-3H3,(H,28,29). The van der Waals surface area contributed by atoms with Gasteiger partial charge in [-0.15, -0.1) is 0 Å². The zero-order valence-electron chi connectivity index (χ0n) is 18.0. The van der Waals surface area contributed by atoms with Crippen molar-refractivity contribution in [1.82, 2.24) is 9.55 Å². The van der Waals surface area contributed by atoms with Gasteiger partial charge in [-0.25, -0.2) is 0 Å². The van der Waals surface area contributed by atoms with Gasteiger partial charge in [0.2, 0.25) is 0 Å². The second-order valence-electron chi connectivity index (χ2n) is 7.65. The molecular formula is C26H22ClN3O2. The number of nitrogens with one attached hydrogen (secondary N) is 1. The Bertz CT molecular complexity index is 1460. The van der Waals surface area contributed by atoms with E-state index < -0.39 is 0 Å². The van der Waals surface area contributed by atoms with Gasteiger partial charge in [0.15, 0.2) is 11.5 Å². The van der Waals surface area contributed by atoms with Crippen LogP contribution in [0.25, 0.3) is 27.4 Å². The smallest absolute Gasteiger partial charge is 0.162 e. The monoisotopic (exact) mass is 443 g/mol. The van der Waals surface area contributed by atoms with Crippen molar-refractivity contribution in [2.75, 3.05) is 19.5 Å². The molecule has 0 radical (unpaired) electrons. The lowest BCUT2D eigenvalue weighted by atomic mass is 10.1. The summed E-state index contributed by atoms with van der Waals surface area (Å²) in [5.41, 5.74) is 5.05. The first kappa shape index (κ1) is 20.2. The van der Waals surface area contributed by atoms with Gasteiger partial charge in [0.25, 0.3) is 0 Å². The van der Waals surface area contributed by atoms with Crippen LogP contribution < -0.4 is 14.8 Å². The Morgan fingerprint density at radius 3 is 2.44 bits per heavy atom. The van der Waals surface area contributed by atoms with Crippen LogP contribution in [0.15, 0.2) is 73.2 Å². The van der Waals surface area contributed by atoms with Crippen LogP contribution in [-0.2, 0) is 0 Å². The van der Waals surface area contributed by atoms with Crippen molar-refractivity contribution in [3.63, 3.8) is 0 Å². The summed E-state index contributed by atoms with van der Waals surface area (Å²) in [4.78, 5) is 4.48. The molecule has 160 valence electrons. The third kappa shape index (κ3) is 3.61. The molecule has 0 unspecified atom stereocenters. The van der Waals surface area contributed by atoms with Crippen molar-refractivity contribution in [2.24, 2.45) is 0 Å². The van der Waals surface area contributed by atoms with E-state index in [1.807, 2.05) is 36.4 Å². The van der Waals surface area contributed by atoms with Crippen molar-refractivity contribution in [3.8, 4) is 17.2 Å². The van der Waals surface area contributed by atoms with Gasteiger partial charge in [0.05, 0.1) is 19.7 Å². The highest BCUT2D eigenvalue weighted by atomic mass is 35.5. The van der Waals surface area contributed by atoms with E-state index in [-0.39, 0.29) is 0 Å². The molecule has 0 aliphatic rings. The van der Waals surface area contributed by atoms with Gasteiger partial charge >= 0.3 is 0 Å². The highest BCUT2D eigenvalue weighted by molar-refractivity contribution is 6.31. The molecule has 0 atom stereocenters. The van der Waals surface area contributed by atoms with Crippen LogP contribution in [0.1, 0.15) is 5.56 Å². The average molecular weight is 444 g/mol. The second kappa shape index (κ2) is 8.09. The summed E-state index contributed by atoms with van der Waals surface area (Å²) in [5, 5.41) is 7.50. The maximum atomic E-state index is 6.14. The second-order valence-corrected chi connectivity index (χ2v) is 8.08. The van der Waals surface area contributed by atoms with Gasteiger partial charge in [-0.05, 0) is 60.3 Å². The summed E-state index contributed by atoms with van der Waals surface area (Å²) in [7, 11) is 3.26. The first-order valence-electron chi connectivity index (χ1n) is 10.2. The molecule has 5 rings (SSSR count). The summed E-state index contributed by atoms with van der Waals surface area (Å²) in [6.07, 6.45) is 6.01. The van der Waals surface area contributed by atoms with E-state index in [2.05, 4.69) is 52.4 Å². The maximum Gasteiger partial charge on any atom is 0.162 e. The molecule has 0 saturated heterocycles. The highest BCUT2D eigenvalue weighted by Crippen LogP contribution is 2.35. The number of aryl methyl sites for hydroxylation is 1. The molecule has 2 heterocycles. The molecular weight excluding hydrogens is 422 g/mol. The Kier molecular flexibility index (Phi) is 5.11. The van der Waals surface area contributed by atoms with Gasteiger partial charge in [-0.3, -0.25) is 4.98 Å². The van der Waals surface area contributed by atoms with E-state index in [0.717, 1.165) is 49.3 Å². The minimum atomic E-state index is 0.658. The van der Waals surface area contributed by atoms with Crippen LogP contribution >= 0.6 is 11.6 Å². The number of aromatic nitrogens is 2. The Hall–Kier alpha value is -3.70. The number of hydrogen-bond donors (Lipinski definition) is 1. The molecule has 3 aromatic carbocycles. The molecule has 0 amide bonds. The molecule has 5 aromatic rings. The molecule has 6 heteroatoms. The predicted octanol–water partition coefficient (Wildman–Crippen LogP) is 6.90. The minimum absolute atomic E-state index is 0.658. The largest absolute Gasteiger partial charge is 0.493 e. The lowest BCUT2D eigenvalue weighted by Crippen LogP contribution is -1.98. The normalized spacial score (nSPS) is 11.1. The number of halogens is 1. The lowest BCUT2D eigenvalue weighted by molar-refractivity contribution is 0.356. The third-order valence-corrected chi connectivity index (χ3v) is 5.84. The van der Waals surface area contributed by atoms with Crippen molar-refractivity contribution in [2.45, 2.75) is 6.92 Å². The van der Waals surface area contributed by atoms with Gasteiger partial charge in [-0.1, -0.05) is 17.7 Å². The van der Waals surface area contributed by atoms with E-state index >= 15 is 0 Å². The summed E-state index contributed by atoms with van der Waals surface area (Å²) >= 11 is 6.14. The number of rotatable bonds is 5. The van der Waals surface area contributed by atoms with Crippen LogP contribution in [-0.4, -0.2) is 23.8 Å². The summed E-state index contributed by atoms with van der Waals surface area (Å²) in [6, 6.07) is 18.1. The van der Waals surface area contributed by atoms with E-state index in [0.29, 0.717) is 11.5 Å². The number of methoxy groups -OCH3 is 2. The van der Waals surface area contributed by atoms with Crippen molar-refractivity contribution in [3.05, 3.63) is 83.8 Å². The SMILES string of the molecule is COc1cc2nccc(Nc3ccc(-n4cc5ccc(Cl)cc5c4)c(C)c3)c2cc1OC. The van der Waals surface area contributed by atoms with Crippen LogP contribution in [0.4, 0.5) is 11.4 Å². The van der Waals surface area contributed by atoms with Crippen LogP contribution in [0.3, 0.4) is 0 Å². The molecule has 0 aliphatic heterocycles. The van der Waals surface area contributed by atoms with E-state index in [9.17, 15) is 0 Å². The fourth-order valence-electron chi connectivity index (χ4n) is 4.01. The molecule has 0 fully saturated rings. The quantitative estimate of drug-likeness (QED) is 0.321. The minimum Gasteiger partial charge on any atom is -0.493 e. The van der Waals surface area contributed by atoms with Gasteiger partial charge < -0.3 is 19.4 Å². The number of benzene rings is 3. The Labute approximate surface area is 191 Å². The molecule has 0 saturated carbocycles. The number of pyridine rings is 1. The number of fused-ring (bicyclic) bond motifs is 2. The molecule has 5 nitrogen and oxygen atoms in total. The lowest BCUT2D eigenvalue weighted by Gasteiger charge is -2.14. The topological polar surface area (TPSA) is 48.3 Å². The maximum absolute atomic E-state index is 6.14. The summed E-state index contributed by atoms with van der Waals surface area (Å²) in [6.45, 7) is 2.11. The van der Waals surface area contributed by atoms with Crippen LogP contribution in [0.2, 0.25) is 5.02 Å². The molecule has 1 N–H and O–H groups in total. The van der Waals surface area contributed by atoms with Crippen molar-refractivity contribution in [1.29, 1.82) is 0 Å². The average Bonchev–Trinajstić information content (AvgIpc) is 3.21. The third-order valence-electron chi connectivity index (χ3n) is 5.61. The van der Waals surface area contributed by atoms with Crippen LogP contribution in [0, 0.1) is 6.92 Å². The number of hydrogen-bond acceptors (Lipinski definition) is 4. The fourth-order valence-corrected chi connectivity index (χ4v) is 4.19. The first-order chi connectivity index (χ1) is 15.6. The van der Waals surface area contributed by atoms with Gasteiger partial charge in [0.1, 0.15) is 0 Å². The molecule has 2 aromatic heterocycles. The molecule has 32 heavy (non-hydrogen) atoms. The zero-order valence-corrected chi connectivity index (χ0v) is 18.8. The zero-order chi connectivity index (χ0) is 22.2. The summed E-state index contributed by atoms with van der Waals surface area (Å²) < 4.78 is 13.0. The highest BCUT2D eigenvalue weighted by Gasteiger charge is 2.11. The molecule has 0 aliphatic carbocycles. The van der Waals surface area contributed by atoms with E-state index in [1.165, 1.54) is 0 Å². The van der Waals surface area contributed by atoms with Crippen LogP contribution in [0.5, 0.6) is 11.5 Å². The Morgan fingerprint density at radius 1 is 0.875 bits per heavy atom. The Balaban J connectivity index is 1.50. The number of ether oxygens (including phenoxy) is 2. The van der Waals surface area contributed by atoms with E-state index in [1.54, 1.807) is 20.4 Å². The number of anilines is 2. The fraction of sp³-hybridized carbons (Fsp3) is 0.115. The molecule has 0 spiro atoms. The van der Waals surface area contributed by atoms with Crippen molar-refractivity contribution < 1.29 is 9.47 Å². The first-order valence-corrected chi connectivity index (χ1v) is 10.6. The van der Waals surface area contributed by atoms with Crippen molar-refractivity contribution >= 4 is 44.7 Å². The van der Waals surface area contributed by atoms with Gasteiger partial charge in [0, 0.05) is 57.5 Å². The number of nitrogens with zero attached hydrogens (tertiary/aromatic N) is 2. The molecule has 0 bridgehead atoms. The van der Waals surface area contributed by atoms with E-state index in [4.69, 9.17) is 21.1 Å². The van der Waals surface area contributed by atoms with Gasteiger partial charge in [-0.2, -0.15) is 0 Å². The predicted molar refractivity (Wildman–Crippen MR) is 131 cm³/mol. The Morgan fingerprint density at radius 2 is 1.66 bits per heavy atom.